The van der Waals surface area contributed by atoms with E-state index in [0.717, 1.165) is 0 Å². The Kier molecular flexibility index (Phi) is 6.44. The average molecular weight is 527 g/mol. The standard InChI is InChI=1S/C20H17ClF2N6O5S/c1-9-4-7-12(28-27-9)14-11(21)6-5-10-13(35(24,30)31)8-29(15(10)14)20-25-17(32-2)16(34-19(22)23)18(26-20)33-3/h4-8,19H,1-3H3,(H2,24,30,31). The van der Waals surface area contributed by atoms with Crippen molar-refractivity contribution < 1.29 is 31.4 Å². The van der Waals surface area contributed by atoms with Crippen molar-refractivity contribution in [2.24, 2.45) is 5.14 Å². The summed E-state index contributed by atoms with van der Waals surface area (Å²) in [7, 11) is -1.88. The Morgan fingerprint density at radius 1 is 1.06 bits per heavy atom. The first-order chi connectivity index (χ1) is 16.5. The third kappa shape index (κ3) is 4.54. The van der Waals surface area contributed by atoms with Gasteiger partial charge < -0.3 is 14.2 Å². The molecular weight excluding hydrogens is 510 g/mol. The first-order valence-electron chi connectivity index (χ1n) is 9.67. The van der Waals surface area contributed by atoms with Gasteiger partial charge in [-0.1, -0.05) is 11.6 Å². The Balaban J connectivity index is 2.12. The summed E-state index contributed by atoms with van der Waals surface area (Å²) in [6, 6.07) is 6.30. The van der Waals surface area contributed by atoms with Crippen molar-refractivity contribution >= 4 is 32.5 Å². The maximum atomic E-state index is 12.9. The fourth-order valence-corrected chi connectivity index (χ4v) is 4.37. The third-order valence-electron chi connectivity index (χ3n) is 4.84. The van der Waals surface area contributed by atoms with Crippen molar-refractivity contribution in [3.05, 3.63) is 41.2 Å². The third-order valence-corrected chi connectivity index (χ3v) is 6.09. The van der Waals surface area contributed by atoms with Crippen molar-refractivity contribution in [2.45, 2.75) is 18.4 Å². The number of methoxy groups -OCH3 is 2. The van der Waals surface area contributed by atoms with Gasteiger partial charge in [-0.3, -0.25) is 4.57 Å². The molecule has 0 aliphatic rings. The van der Waals surface area contributed by atoms with Gasteiger partial charge in [0.2, 0.25) is 21.7 Å². The molecule has 1 aromatic carbocycles. The lowest BCUT2D eigenvalue weighted by Gasteiger charge is -2.15. The molecule has 4 rings (SSSR count). The second kappa shape index (κ2) is 9.20. The minimum Gasteiger partial charge on any atom is -0.478 e. The number of primary sulfonamides is 1. The van der Waals surface area contributed by atoms with E-state index in [9.17, 15) is 17.2 Å². The van der Waals surface area contributed by atoms with E-state index in [2.05, 4.69) is 24.9 Å². The van der Waals surface area contributed by atoms with E-state index in [1.165, 1.54) is 37.1 Å². The predicted octanol–water partition coefficient (Wildman–Crippen LogP) is 3.11. The monoisotopic (exact) mass is 526 g/mol. The van der Waals surface area contributed by atoms with Crippen LogP contribution in [0.15, 0.2) is 35.4 Å². The quantitative estimate of drug-likeness (QED) is 0.384. The van der Waals surface area contributed by atoms with Gasteiger partial charge in [-0.25, -0.2) is 13.6 Å². The number of halogens is 3. The van der Waals surface area contributed by atoms with Gasteiger partial charge in [0.25, 0.3) is 11.8 Å². The number of nitrogens with two attached hydrogens (primary N) is 1. The summed E-state index contributed by atoms with van der Waals surface area (Å²) in [6.07, 6.45) is 1.17. The number of fused-ring (bicyclic) bond motifs is 1. The van der Waals surface area contributed by atoms with Crippen molar-refractivity contribution in [3.8, 4) is 34.7 Å². The highest BCUT2D eigenvalue weighted by atomic mass is 35.5. The summed E-state index contributed by atoms with van der Waals surface area (Å²) >= 11 is 6.50. The molecule has 4 aromatic rings. The van der Waals surface area contributed by atoms with Crippen LogP contribution < -0.4 is 19.3 Å². The van der Waals surface area contributed by atoms with Crippen LogP contribution in [0.2, 0.25) is 5.02 Å². The largest absolute Gasteiger partial charge is 0.478 e. The van der Waals surface area contributed by atoms with Crippen LogP contribution in [-0.4, -0.2) is 54.0 Å². The van der Waals surface area contributed by atoms with Crippen molar-refractivity contribution in [1.29, 1.82) is 0 Å². The van der Waals surface area contributed by atoms with E-state index in [1.54, 1.807) is 19.1 Å². The van der Waals surface area contributed by atoms with Gasteiger partial charge in [-0.15, -0.1) is 0 Å². The topological polar surface area (TPSA) is 144 Å². The van der Waals surface area contributed by atoms with Crippen LogP contribution in [0.3, 0.4) is 0 Å². The smallest absolute Gasteiger partial charge is 0.387 e. The SMILES string of the molecule is COc1nc(-n2cc(S(N)(=O)=O)c3ccc(Cl)c(-c4ccc(C)nn4)c32)nc(OC)c1OC(F)F. The number of nitrogens with zero attached hydrogens (tertiary/aromatic N) is 5. The van der Waals surface area contributed by atoms with Crippen LogP contribution in [-0.2, 0) is 10.0 Å². The number of ether oxygens (including phenoxy) is 3. The molecule has 3 aromatic heterocycles. The molecule has 3 heterocycles. The minimum absolute atomic E-state index is 0.184. The zero-order valence-electron chi connectivity index (χ0n) is 18.4. The molecule has 0 amide bonds. The van der Waals surface area contributed by atoms with E-state index in [0.29, 0.717) is 17.0 Å². The van der Waals surface area contributed by atoms with E-state index < -0.39 is 22.4 Å². The van der Waals surface area contributed by atoms with Gasteiger partial charge in [0.05, 0.1) is 36.1 Å². The molecular formula is C20H17ClF2N6O5S. The second-order valence-corrected chi connectivity index (χ2v) is 8.97. The van der Waals surface area contributed by atoms with Gasteiger partial charge in [0, 0.05) is 17.1 Å². The van der Waals surface area contributed by atoms with Gasteiger partial charge >= 0.3 is 6.61 Å². The lowest BCUT2D eigenvalue weighted by molar-refractivity contribution is -0.0534. The zero-order chi connectivity index (χ0) is 25.5. The number of aryl methyl sites for hydroxylation is 1. The molecule has 0 atom stereocenters. The van der Waals surface area contributed by atoms with E-state index in [1.807, 2.05) is 0 Å². The summed E-state index contributed by atoms with van der Waals surface area (Å²) < 4.78 is 66.6. The Morgan fingerprint density at radius 2 is 1.71 bits per heavy atom. The van der Waals surface area contributed by atoms with Crippen LogP contribution in [0, 0.1) is 6.92 Å². The lowest BCUT2D eigenvalue weighted by Crippen LogP contribution is -2.12. The van der Waals surface area contributed by atoms with E-state index >= 15 is 0 Å². The normalized spacial score (nSPS) is 11.8. The molecule has 0 bridgehead atoms. The molecule has 2 N–H and O–H groups in total. The summed E-state index contributed by atoms with van der Waals surface area (Å²) in [5, 5.41) is 14.0. The highest BCUT2D eigenvalue weighted by molar-refractivity contribution is 7.89. The molecule has 0 radical (unpaired) electrons. The maximum Gasteiger partial charge on any atom is 0.387 e. The second-order valence-electron chi connectivity index (χ2n) is 7.04. The molecule has 35 heavy (non-hydrogen) atoms. The summed E-state index contributed by atoms with van der Waals surface area (Å²) in [4.78, 5) is 7.98. The van der Waals surface area contributed by atoms with E-state index in [4.69, 9.17) is 26.2 Å². The van der Waals surface area contributed by atoms with Gasteiger partial charge in [0.1, 0.15) is 4.90 Å². The molecule has 0 spiro atoms. The highest BCUT2D eigenvalue weighted by Gasteiger charge is 2.27. The van der Waals surface area contributed by atoms with Crippen molar-refractivity contribution in [1.82, 2.24) is 24.7 Å². The number of hydrogen-bond acceptors (Lipinski definition) is 9. The van der Waals surface area contributed by atoms with Crippen molar-refractivity contribution in [3.63, 3.8) is 0 Å². The average Bonchev–Trinajstić information content (AvgIpc) is 3.20. The minimum atomic E-state index is -4.23. The first kappa shape index (κ1) is 24.5. The van der Waals surface area contributed by atoms with Crippen LogP contribution in [0.4, 0.5) is 8.78 Å². The number of benzene rings is 1. The summed E-state index contributed by atoms with van der Waals surface area (Å²) in [6.45, 7) is -1.46. The van der Waals surface area contributed by atoms with Gasteiger partial charge in [-0.05, 0) is 31.2 Å². The molecule has 11 nitrogen and oxygen atoms in total. The first-order valence-corrected chi connectivity index (χ1v) is 11.6. The van der Waals surface area contributed by atoms with Gasteiger partial charge in [-0.2, -0.15) is 28.9 Å². The molecule has 0 fully saturated rings. The number of sulfonamides is 1. The molecule has 0 saturated heterocycles. The summed E-state index contributed by atoms with van der Waals surface area (Å²) in [5.41, 5.74) is 1.49. The highest BCUT2D eigenvalue weighted by Crippen LogP contribution is 2.41. The zero-order valence-corrected chi connectivity index (χ0v) is 19.9. The molecule has 184 valence electrons. The maximum absolute atomic E-state index is 12.9. The number of alkyl halides is 2. The van der Waals surface area contributed by atoms with E-state index in [-0.39, 0.29) is 38.5 Å². The van der Waals surface area contributed by atoms with Crippen LogP contribution in [0.5, 0.6) is 17.5 Å². The van der Waals surface area contributed by atoms with Crippen LogP contribution in [0.1, 0.15) is 5.69 Å². The molecule has 0 unspecified atom stereocenters. The Hall–Kier alpha value is -3.62. The summed E-state index contributed by atoms with van der Waals surface area (Å²) in [5.74, 6) is -1.52. The van der Waals surface area contributed by atoms with Crippen LogP contribution >= 0.6 is 11.6 Å². The Morgan fingerprint density at radius 3 is 2.23 bits per heavy atom. The number of aromatic nitrogens is 5. The van der Waals surface area contributed by atoms with Crippen molar-refractivity contribution in [2.75, 3.05) is 14.2 Å². The Bertz CT molecular complexity index is 1500. The molecule has 0 saturated carbocycles. The fourth-order valence-electron chi connectivity index (χ4n) is 3.40. The predicted molar refractivity (Wildman–Crippen MR) is 121 cm³/mol. The molecule has 15 heteroatoms. The molecule has 0 aliphatic heterocycles. The molecule has 0 aliphatic carbocycles. The number of hydrogen-bond donors (Lipinski definition) is 1. The number of rotatable bonds is 7. The van der Waals surface area contributed by atoms with Gasteiger partial charge in [0.15, 0.2) is 0 Å². The van der Waals surface area contributed by atoms with Crippen LogP contribution in [0.25, 0.3) is 28.1 Å². The Labute approximate surface area is 202 Å². The lowest BCUT2D eigenvalue weighted by atomic mass is 10.1. The fraction of sp³-hybridized carbons (Fsp3) is 0.200.